The van der Waals surface area contributed by atoms with Gasteiger partial charge in [0.25, 0.3) is 0 Å². The Bertz CT molecular complexity index is 366. The van der Waals surface area contributed by atoms with Crippen molar-refractivity contribution in [1.29, 1.82) is 0 Å². The summed E-state index contributed by atoms with van der Waals surface area (Å²) in [5.41, 5.74) is 4.38. The van der Waals surface area contributed by atoms with Crippen molar-refractivity contribution in [1.82, 2.24) is 10.2 Å². The van der Waals surface area contributed by atoms with Gasteiger partial charge < -0.3 is 5.32 Å². The van der Waals surface area contributed by atoms with E-state index in [9.17, 15) is 0 Å². The lowest BCUT2D eigenvalue weighted by molar-refractivity contribution is 0.256. The maximum atomic E-state index is 3.63. The second-order valence-electron chi connectivity index (χ2n) is 5.52. The Morgan fingerprint density at radius 3 is 2.67 bits per heavy atom. The first-order valence-corrected chi connectivity index (χ1v) is 7.21. The Hall–Kier alpha value is -0.860. The molecule has 1 N–H and O–H groups in total. The summed E-state index contributed by atoms with van der Waals surface area (Å²) in [6.07, 6.45) is 2.49. The van der Waals surface area contributed by atoms with Gasteiger partial charge in [-0.25, -0.2) is 0 Å². The average molecular weight is 246 g/mol. The van der Waals surface area contributed by atoms with Crippen LogP contribution in [0.4, 0.5) is 0 Å². The molecule has 100 valence electrons. The van der Waals surface area contributed by atoms with Crippen LogP contribution in [-0.4, -0.2) is 30.6 Å². The molecule has 1 aromatic carbocycles. The molecule has 0 radical (unpaired) electrons. The Morgan fingerprint density at radius 2 is 2.00 bits per heavy atom. The summed E-state index contributed by atoms with van der Waals surface area (Å²) in [7, 11) is 0. The van der Waals surface area contributed by atoms with Crippen molar-refractivity contribution in [2.75, 3.05) is 19.6 Å². The van der Waals surface area contributed by atoms with Crippen molar-refractivity contribution in [3.05, 3.63) is 34.9 Å². The molecule has 1 aliphatic heterocycles. The van der Waals surface area contributed by atoms with E-state index in [0.717, 1.165) is 6.54 Å². The number of rotatable bonds is 3. The van der Waals surface area contributed by atoms with Crippen LogP contribution in [-0.2, 0) is 6.54 Å². The van der Waals surface area contributed by atoms with E-state index in [1.807, 2.05) is 0 Å². The highest BCUT2D eigenvalue weighted by atomic mass is 15.2. The van der Waals surface area contributed by atoms with Gasteiger partial charge in [-0.1, -0.05) is 25.1 Å². The minimum atomic E-state index is 0.664. The normalized spacial score (nSPS) is 21.8. The minimum absolute atomic E-state index is 0.664. The molecule has 1 aromatic rings. The number of hydrogen-bond acceptors (Lipinski definition) is 2. The largest absolute Gasteiger partial charge is 0.313 e. The first-order valence-electron chi connectivity index (χ1n) is 7.21. The van der Waals surface area contributed by atoms with Gasteiger partial charge in [0.15, 0.2) is 0 Å². The van der Waals surface area contributed by atoms with Crippen molar-refractivity contribution in [3.63, 3.8) is 0 Å². The van der Waals surface area contributed by atoms with Crippen molar-refractivity contribution in [2.45, 2.75) is 46.2 Å². The van der Waals surface area contributed by atoms with Crippen LogP contribution in [0.1, 0.15) is 36.5 Å². The highest BCUT2D eigenvalue weighted by Gasteiger charge is 2.17. The molecule has 0 aromatic heterocycles. The van der Waals surface area contributed by atoms with Gasteiger partial charge in [0.2, 0.25) is 0 Å². The van der Waals surface area contributed by atoms with Crippen molar-refractivity contribution >= 4 is 0 Å². The zero-order valence-corrected chi connectivity index (χ0v) is 12.0. The molecule has 0 saturated carbocycles. The van der Waals surface area contributed by atoms with Crippen LogP contribution in [0.15, 0.2) is 18.2 Å². The van der Waals surface area contributed by atoms with E-state index in [2.05, 4.69) is 49.2 Å². The van der Waals surface area contributed by atoms with E-state index in [1.54, 1.807) is 0 Å². The summed E-state index contributed by atoms with van der Waals surface area (Å²) in [5.74, 6) is 0. The highest BCUT2D eigenvalue weighted by molar-refractivity contribution is 5.33. The van der Waals surface area contributed by atoms with Crippen LogP contribution < -0.4 is 5.32 Å². The molecule has 1 fully saturated rings. The van der Waals surface area contributed by atoms with E-state index in [4.69, 9.17) is 0 Å². The van der Waals surface area contributed by atoms with Gasteiger partial charge in [-0.3, -0.25) is 4.90 Å². The molecule has 18 heavy (non-hydrogen) atoms. The lowest BCUT2D eigenvalue weighted by Gasteiger charge is -2.25. The second kappa shape index (κ2) is 6.35. The van der Waals surface area contributed by atoms with Crippen LogP contribution in [0.5, 0.6) is 0 Å². The molecular formula is C16H26N2. The molecule has 1 aliphatic rings. The van der Waals surface area contributed by atoms with E-state index < -0.39 is 0 Å². The Kier molecular flexibility index (Phi) is 4.79. The van der Waals surface area contributed by atoms with Crippen LogP contribution >= 0.6 is 0 Å². The van der Waals surface area contributed by atoms with Gasteiger partial charge in [0.05, 0.1) is 0 Å². The van der Waals surface area contributed by atoms with Gasteiger partial charge in [-0.05, 0) is 56.5 Å². The molecule has 1 atom stereocenters. The van der Waals surface area contributed by atoms with E-state index >= 15 is 0 Å². The quantitative estimate of drug-likeness (QED) is 0.882. The summed E-state index contributed by atoms with van der Waals surface area (Å²) >= 11 is 0. The minimum Gasteiger partial charge on any atom is -0.313 e. The number of aryl methyl sites for hydroxylation is 2. The third-order valence-corrected chi connectivity index (χ3v) is 4.08. The third kappa shape index (κ3) is 3.33. The number of benzene rings is 1. The predicted molar refractivity (Wildman–Crippen MR) is 77.9 cm³/mol. The number of nitrogens with one attached hydrogen (secondary N) is 1. The maximum Gasteiger partial charge on any atom is 0.0239 e. The third-order valence-electron chi connectivity index (χ3n) is 4.08. The van der Waals surface area contributed by atoms with Gasteiger partial charge in [0, 0.05) is 19.1 Å². The smallest absolute Gasteiger partial charge is 0.0239 e. The van der Waals surface area contributed by atoms with Crippen molar-refractivity contribution in [2.24, 2.45) is 0 Å². The zero-order valence-electron chi connectivity index (χ0n) is 12.0. The molecule has 0 aliphatic carbocycles. The molecule has 0 amide bonds. The summed E-state index contributed by atoms with van der Waals surface area (Å²) in [4.78, 5) is 2.61. The van der Waals surface area contributed by atoms with Crippen LogP contribution in [0.25, 0.3) is 0 Å². The monoisotopic (exact) mass is 246 g/mol. The molecule has 2 rings (SSSR count). The molecule has 2 nitrogen and oxygen atoms in total. The van der Waals surface area contributed by atoms with Gasteiger partial charge >= 0.3 is 0 Å². The highest BCUT2D eigenvalue weighted by Crippen LogP contribution is 2.17. The fourth-order valence-corrected chi connectivity index (χ4v) is 2.82. The molecule has 1 unspecified atom stereocenters. The molecule has 0 bridgehead atoms. The zero-order chi connectivity index (χ0) is 13.0. The van der Waals surface area contributed by atoms with Crippen molar-refractivity contribution in [3.8, 4) is 0 Å². The SMILES string of the molecule is CCC1CN(Cc2c(C)cccc2C)CCCN1. The number of hydrogen-bond donors (Lipinski definition) is 1. The fourth-order valence-electron chi connectivity index (χ4n) is 2.82. The summed E-state index contributed by atoms with van der Waals surface area (Å²) in [6.45, 7) is 11.4. The standard InChI is InChI=1S/C16H26N2/c1-4-15-11-18(10-6-9-17-15)12-16-13(2)7-5-8-14(16)3/h5,7-8,15,17H,4,6,9-12H2,1-3H3. The molecule has 1 saturated heterocycles. The Balaban J connectivity index is 2.07. The van der Waals surface area contributed by atoms with Gasteiger partial charge in [-0.15, -0.1) is 0 Å². The van der Waals surface area contributed by atoms with Crippen molar-refractivity contribution < 1.29 is 0 Å². The first kappa shape index (κ1) is 13.6. The van der Waals surface area contributed by atoms with Crippen LogP contribution in [0, 0.1) is 13.8 Å². The van der Waals surface area contributed by atoms with E-state index in [0.29, 0.717) is 6.04 Å². The molecule has 0 spiro atoms. The van der Waals surface area contributed by atoms with E-state index in [1.165, 1.54) is 49.2 Å². The summed E-state index contributed by atoms with van der Waals surface area (Å²) in [5, 5.41) is 3.63. The summed E-state index contributed by atoms with van der Waals surface area (Å²) < 4.78 is 0. The number of nitrogens with zero attached hydrogens (tertiary/aromatic N) is 1. The van der Waals surface area contributed by atoms with Gasteiger partial charge in [0.1, 0.15) is 0 Å². The first-order chi connectivity index (χ1) is 8.70. The van der Waals surface area contributed by atoms with Gasteiger partial charge in [-0.2, -0.15) is 0 Å². The molecule has 1 heterocycles. The van der Waals surface area contributed by atoms with Crippen LogP contribution in [0.3, 0.4) is 0 Å². The molecule has 2 heteroatoms. The van der Waals surface area contributed by atoms with E-state index in [-0.39, 0.29) is 0 Å². The summed E-state index contributed by atoms with van der Waals surface area (Å²) in [6, 6.07) is 7.29. The topological polar surface area (TPSA) is 15.3 Å². The molecular weight excluding hydrogens is 220 g/mol. The Morgan fingerprint density at radius 1 is 1.28 bits per heavy atom. The predicted octanol–water partition coefficient (Wildman–Crippen LogP) is 2.88. The lowest BCUT2D eigenvalue weighted by atomic mass is 10.0. The van der Waals surface area contributed by atoms with Crippen LogP contribution in [0.2, 0.25) is 0 Å². The maximum absolute atomic E-state index is 3.63. The lowest BCUT2D eigenvalue weighted by Crippen LogP contribution is -2.37. The second-order valence-corrected chi connectivity index (χ2v) is 5.52. The average Bonchev–Trinajstić information content (AvgIpc) is 2.59. The Labute approximate surface area is 111 Å². The fraction of sp³-hybridized carbons (Fsp3) is 0.625.